The molecule has 210 valence electrons. The Kier molecular flexibility index (Phi) is 5.96. The quantitative estimate of drug-likeness (QED) is 0.244. The second kappa shape index (κ2) is 8.45. The van der Waals surface area contributed by atoms with Crippen LogP contribution in [0.2, 0.25) is 10.0 Å². The number of rotatable bonds is 9. The summed E-state index contributed by atoms with van der Waals surface area (Å²) >= 11 is 12.2. The molecule has 0 aliphatic heterocycles. The number of hydrogen-bond donors (Lipinski definition) is 3. The number of nitriles is 1. The Morgan fingerprint density at radius 2 is 1.87 bits per heavy atom. The van der Waals surface area contributed by atoms with Crippen LogP contribution >= 0.6 is 33.4 Å². The van der Waals surface area contributed by atoms with Crippen LogP contribution in [0.5, 0.6) is 0 Å². The van der Waals surface area contributed by atoms with Crippen molar-refractivity contribution >= 4 is 45.2 Å². The van der Waals surface area contributed by atoms with E-state index in [0.717, 1.165) is 17.5 Å². The highest BCUT2D eigenvalue weighted by Crippen LogP contribution is 3.02. The van der Waals surface area contributed by atoms with E-state index < -0.39 is 36.5 Å². The molecule has 39 heavy (non-hydrogen) atoms. The lowest BCUT2D eigenvalue weighted by Gasteiger charge is -2.40. The summed E-state index contributed by atoms with van der Waals surface area (Å²) in [4.78, 5) is 15.3. The lowest BCUT2D eigenvalue weighted by atomic mass is 9.94. The average molecular weight is 611 g/mol. The topological polar surface area (TPSA) is 124 Å². The van der Waals surface area contributed by atoms with Crippen LogP contribution in [0.25, 0.3) is 5.69 Å². The van der Waals surface area contributed by atoms with Gasteiger partial charge in [-0.1, -0.05) is 42.6 Å². The number of aryl methyl sites for hydroxylation is 1. The van der Waals surface area contributed by atoms with Crippen LogP contribution in [0.4, 0.5) is 25.2 Å². The number of aromatic nitrogens is 5. The molecule has 0 bridgehead atoms. The summed E-state index contributed by atoms with van der Waals surface area (Å²) in [7, 11) is -10.1. The average Bonchev–Trinajstić information content (AvgIpc) is 3.74. The predicted molar refractivity (Wildman–Crippen MR) is 135 cm³/mol. The van der Waals surface area contributed by atoms with E-state index in [9.17, 15) is 29.5 Å². The molecule has 2 aliphatic carbocycles. The molecule has 2 fully saturated rings. The number of anilines is 1. The summed E-state index contributed by atoms with van der Waals surface area (Å²) < 4.78 is 68.3. The van der Waals surface area contributed by atoms with Crippen LogP contribution in [-0.4, -0.2) is 37.4 Å². The molecular weight excluding hydrogens is 590 g/mol. The molecule has 17 heteroatoms. The fourth-order valence-corrected chi connectivity index (χ4v) is 5.77. The van der Waals surface area contributed by atoms with Gasteiger partial charge in [0.25, 0.3) is 0 Å². The summed E-state index contributed by atoms with van der Waals surface area (Å²) in [5.74, 6) is 0.909. The van der Waals surface area contributed by atoms with E-state index in [1.165, 1.54) is 0 Å². The highest BCUT2D eigenvalue weighted by Gasteiger charge is 2.65. The summed E-state index contributed by atoms with van der Waals surface area (Å²) in [6.07, 6.45) is 2.58. The summed E-state index contributed by atoms with van der Waals surface area (Å²) in [5.41, 5.74) is -1.47. The van der Waals surface area contributed by atoms with E-state index in [4.69, 9.17) is 23.2 Å². The Hall–Kier alpha value is -3.09. The molecule has 0 atom stereocenters. The van der Waals surface area contributed by atoms with Gasteiger partial charge < -0.3 is 10.6 Å². The first-order valence-electron chi connectivity index (χ1n) is 11.7. The van der Waals surface area contributed by atoms with Crippen LogP contribution in [-0.2, 0) is 16.8 Å². The summed E-state index contributed by atoms with van der Waals surface area (Å²) in [6, 6.07) is 2.10. The van der Waals surface area contributed by atoms with Gasteiger partial charge in [0.15, 0.2) is 11.5 Å². The first kappa shape index (κ1) is 27.5. The van der Waals surface area contributed by atoms with Crippen molar-refractivity contribution in [3.63, 3.8) is 0 Å². The molecule has 0 saturated heterocycles. The molecular formula is C22H21Cl2F5N8OS. The van der Waals surface area contributed by atoms with Crippen molar-refractivity contribution in [3.05, 3.63) is 45.1 Å². The minimum Gasteiger partial charge on any atom is -0.369 e. The number of hydrogen-bond acceptors (Lipinski definition) is 6. The standard InChI is InChI=1S/C22H21Cl2F5N8OS/c1-11-33-17(35-34-11)10-32-21(38)22(4-5-22)18-16(8-30)36-37(20(18)31-9-12-2-3-12)19-14(23)6-13(7-15(19)24)39(25,26,27,28)29/h6-7,12,31H,2-5,9-10H2,1H3,(H,32,38)(H,33,34,35). The minimum absolute atomic E-state index is 0.0132. The molecule has 0 spiro atoms. The van der Waals surface area contributed by atoms with Gasteiger partial charge in [0.05, 0.1) is 22.0 Å². The first-order valence-corrected chi connectivity index (χ1v) is 14.4. The van der Waals surface area contributed by atoms with Crippen molar-refractivity contribution < 1.29 is 24.2 Å². The second-order valence-corrected chi connectivity index (χ2v) is 13.0. The molecule has 0 unspecified atom stereocenters. The van der Waals surface area contributed by atoms with Crippen LogP contribution < -0.4 is 10.6 Å². The Balaban J connectivity index is 1.59. The van der Waals surface area contributed by atoms with Gasteiger partial charge in [-0.2, -0.15) is 15.5 Å². The predicted octanol–water partition coefficient (Wildman–Crippen LogP) is 6.30. The number of carbonyl (C=O) groups excluding carboxylic acids is 1. The number of nitrogens with zero attached hydrogens (tertiary/aromatic N) is 5. The van der Waals surface area contributed by atoms with Crippen LogP contribution in [0, 0.1) is 24.2 Å². The molecule has 2 heterocycles. The van der Waals surface area contributed by atoms with Crippen LogP contribution in [0.1, 0.15) is 48.6 Å². The van der Waals surface area contributed by atoms with Gasteiger partial charge in [-0.15, -0.1) is 0 Å². The van der Waals surface area contributed by atoms with E-state index in [2.05, 4.69) is 30.9 Å². The largest absolute Gasteiger partial charge is 0.369 e. The van der Waals surface area contributed by atoms with Gasteiger partial charge in [-0.3, -0.25) is 9.89 Å². The zero-order chi connectivity index (χ0) is 28.4. The highest BCUT2D eigenvalue weighted by atomic mass is 35.5. The second-order valence-electron chi connectivity index (χ2n) is 9.73. The van der Waals surface area contributed by atoms with E-state index in [-0.39, 0.29) is 41.4 Å². The number of benzene rings is 1. The lowest BCUT2D eigenvalue weighted by Crippen LogP contribution is -2.35. The van der Waals surface area contributed by atoms with Gasteiger partial charge in [-0.05, 0) is 50.7 Å². The number of carbonyl (C=O) groups is 1. The van der Waals surface area contributed by atoms with Crippen molar-refractivity contribution in [2.24, 2.45) is 5.92 Å². The van der Waals surface area contributed by atoms with Crippen molar-refractivity contribution in [1.82, 2.24) is 30.3 Å². The molecule has 9 nitrogen and oxygen atoms in total. The first-order chi connectivity index (χ1) is 18.0. The third-order valence-electron chi connectivity index (χ3n) is 6.61. The van der Waals surface area contributed by atoms with Gasteiger partial charge in [0.1, 0.15) is 28.3 Å². The van der Waals surface area contributed by atoms with Crippen molar-refractivity contribution in [2.75, 3.05) is 11.9 Å². The smallest absolute Gasteiger partial charge is 0.310 e. The normalized spacial score (nSPS) is 18.1. The fraction of sp³-hybridized carbons (Fsp3) is 0.409. The fourth-order valence-electron chi connectivity index (χ4n) is 4.32. The van der Waals surface area contributed by atoms with Crippen molar-refractivity contribution in [2.45, 2.75) is 49.5 Å². The maximum atomic E-state index is 13.5. The third-order valence-corrected chi connectivity index (χ3v) is 8.31. The zero-order valence-electron chi connectivity index (χ0n) is 20.2. The van der Waals surface area contributed by atoms with Gasteiger partial charge in [-0.25, -0.2) is 9.67 Å². The molecule has 5 rings (SSSR count). The monoisotopic (exact) mass is 610 g/mol. The minimum atomic E-state index is -10.1. The van der Waals surface area contributed by atoms with E-state index in [0.29, 0.717) is 37.0 Å². The molecule has 2 aliphatic rings. The van der Waals surface area contributed by atoms with Crippen molar-refractivity contribution in [3.8, 4) is 11.8 Å². The molecule has 2 saturated carbocycles. The van der Waals surface area contributed by atoms with Gasteiger partial charge >= 0.3 is 10.2 Å². The van der Waals surface area contributed by atoms with E-state index in [1.54, 1.807) is 6.92 Å². The number of nitrogens with one attached hydrogen (secondary N) is 3. The van der Waals surface area contributed by atoms with Gasteiger partial charge in [0, 0.05) is 12.1 Å². The molecule has 1 amide bonds. The molecule has 3 aromatic rings. The Morgan fingerprint density at radius 3 is 2.36 bits per heavy atom. The maximum Gasteiger partial charge on any atom is 0.310 e. The van der Waals surface area contributed by atoms with Crippen molar-refractivity contribution in [1.29, 1.82) is 5.26 Å². The maximum absolute atomic E-state index is 13.5. The Labute approximate surface area is 228 Å². The summed E-state index contributed by atoms with van der Waals surface area (Å²) in [5, 5.41) is 25.2. The number of halogens is 7. The SMILES string of the molecule is Cc1nc(CNC(=O)C2(c3c(C#N)nn(-c4c(Cl)cc(S(F)(F)(F)(F)F)cc4Cl)c3NCC3CC3)CC2)n[nH]1. The van der Waals surface area contributed by atoms with Crippen LogP contribution in [0.15, 0.2) is 17.0 Å². The Bertz CT molecular complexity index is 1520. The van der Waals surface area contributed by atoms with Crippen LogP contribution in [0.3, 0.4) is 0 Å². The van der Waals surface area contributed by atoms with E-state index in [1.807, 2.05) is 6.07 Å². The Morgan fingerprint density at radius 1 is 1.23 bits per heavy atom. The van der Waals surface area contributed by atoms with E-state index >= 15 is 0 Å². The lowest BCUT2D eigenvalue weighted by molar-refractivity contribution is -0.123. The molecule has 3 N–H and O–H groups in total. The number of H-pyrrole nitrogens is 1. The number of aromatic amines is 1. The third kappa shape index (κ3) is 5.37. The zero-order valence-corrected chi connectivity index (χ0v) is 22.5. The highest BCUT2D eigenvalue weighted by molar-refractivity contribution is 8.45. The molecule has 2 aromatic heterocycles. The summed E-state index contributed by atoms with van der Waals surface area (Å²) in [6.45, 7) is 2.13. The number of amides is 1. The molecule has 0 radical (unpaired) electrons. The van der Waals surface area contributed by atoms with Gasteiger partial charge in [0.2, 0.25) is 5.91 Å². The molecule has 1 aromatic carbocycles.